The molecule has 0 unspecified atom stereocenters. The Balaban J connectivity index is 0. The van der Waals surface area contributed by atoms with Crippen molar-refractivity contribution in [3.63, 3.8) is 0 Å². The highest BCUT2D eigenvalue weighted by atomic mass is 16.2. The maximum atomic E-state index is 11.3. The Labute approximate surface area is 158 Å². The number of amides is 2. The standard InChI is InChI=1S/C11H24N2O.C10H23N/c1-10(2,3)7-12-9(14)13-8-11(4,5)6;1-9(2,3)7-11-8-10(4,5)6/h7-8H2,1-6H3,(H2,12,13,14);11H,7-8H2,1-6H3. The summed E-state index contributed by atoms with van der Waals surface area (Å²) in [5.41, 5.74) is 1.09. The molecule has 0 fully saturated rings. The fourth-order valence-corrected chi connectivity index (χ4v) is 1.57. The topological polar surface area (TPSA) is 53.2 Å². The van der Waals surface area contributed by atoms with E-state index in [9.17, 15) is 4.79 Å². The molecular weight excluding hydrogens is 310 g/mol. The third-order valence-electron chi connectivity index (χ3n) is 2.87. The first-order chi connectivity index (χ1) is 10.8. The van der Waals surface area contributed by atoms with Gasteiger partial charge in [-0.3, -0.25) is 0 Å². The summed E-state index contributed by atoms with van der Waals surface area (Å²) in [5, 5.41) is 9.16. The van der Waals surface area contributed by atoms with Crippen LogP contribution >= 0.6 is 0 Å². The van der Waals surface area contributed by atoms with Crippen LogP contribution in [-0.2, 0) is 0 Å². The number of rotatable bonds is 4. The predicted octanol–water partition coefficient (Wildman–Crippen LogP) is 5.05. The molecule has 4 heteroatoms. The van der Waals surface area contributed by atoms with Crippen LogP contribution in [0, 0.1) is 21.7 Å². The van der Waals surface area contributed by atoms with Crippen LogP contribution < -0.4 is 16.0 Å². The third-order valence-corrected chi connectivity index (χ3v) is 2.87. The highest BCUT2D eigenvalue weighted by Gasteiger charge is 2.15. The summed E-state index contributed by atoms with van der Waals surface area (Å²) in [4.78, 5) is 11.3. The van der Waals surface area contributed by atoms with Crippen molar-refractivity contribution in [2.24, 2.45) is 21.7 Å². The van der Waals surface area contributed by atoms with Crippen molar-refractivity contribution in [2.45, 2.75) is 83.1 Å². The highest BCUT2D eigenvalue weighted by Crippen LogP contribution is 2.14. The summed E-state index contributed by atoms with van der Waals surface area (Å²) in [6, 6.07) is -0.0742. The second-order valence-electron chi connectivity index (χ2n) is 11.9. The first-order valence-corrected chi connectivity index (χ1v) is 9.53. The second kappa shape index (κ2) is 10.4. The number of nitrogens with one attached hydrogen (secondary N) is 3. The van der Waals surface area contributed by atoms with Crippen LogP contribution in [0.1, 0.15) is 83.1 Å². The average molecular weight is 358 g/mol. The van der Waals surface area contributed by atoms with E-state index in [1.54, 1.807) is 0 Å². The molecule has 25 heavy (non-hydrogen) atoms. The molecule has 0 aliphatic heterocycles. The van der Waals surface area contributed by atoms with E-state index < -0.39 is 0 Å². The molecule has 2 amide bonds. The van der Waals surface area contributed by atoms with E-state index in [2.05, 4.69) is 99.0 Å². The number of carbonyl (C=O) groups is 1. The molecule has 3 N–H and O–H groups in total. The van der Waals surface area contributed by atoms with E-state index >= 15 is 0 Å². The Bertz CT molecular complexity index is 329. The monoisotopic (exact) mass is 357 g/mol. The average Bonchev–Trinajstić information content (AvgIpc) is 2.29. The molecule has 4 nitrogen and oxygen atoms in total. The molecule has 0 aliphatic rings. The van der Waals surface area contributed by atoms with E-state index in [4.69, 9.17) is 0 Å². The summed E-state index contributed by atoms with van der Waals surface area (Å²) in [5.74, 6) is 0. The number of hydrogen-bond acceptors (Lipinski definition) is 2. The maximum Gasteiger partial charge on any atom is 0.314 e. The van der Waals surface area contributed by atoms with Gasteiger partial charge in [0.25, 0.3) is 0 Å². The van der Waals surface area contributed by atoms with Crippen LogP contribution in [0.4, 0.5) is 4.79 Å². The van der Waals surface area contributed by atoms with E-state index in [1.165, 1.54) is 0 Å². The summed E-state index contributed by atoms with van der Waals surface area (Å²) in [6.45, 7) is 29.7. The molecule has 0 saturated heterocycles. The Morgan fingerprint density at radius 3 is 0.960 bits per heavy atom. The number of urea groups is 1. The van der Waals surface area contributed by atoms with Crippen molar-refractivity contribution in [1.82, 2.24) is 16.0 Å². The van der Waals surface area contributed by atoms with E-state index in [0.29, 0.717) is 23.9 Å². The molecule has 152 valence electrons. The van der Waals surface area contributed by atoms with Crippen LogP contribution in [-0.4, -0.2) is 32.2 Å². The summed E-state index contributed by atoms with van der Waals surface area (Å²) < 4.78 is 0. The summed E-state index contributed by atoms with van der Waals surface area (Å²) >= 11 is 0. The summed E-state index contributed by atoms with van der Waals surface area (Å²) in [6.07, 6.45) is 0. The first kappa shape index (κ1) is 26.5. The lowest BCUT2D eigenvalue weighted by Gasteiger charge is -2.24. The second-order valence-corrected chi connectivity index (χ2v) is 11.9. The lowest BCUT2D eigenvalue weighted by atomic mass is 9.94. The first-order valence-electron chi connectivity index (χ1n) is 9.53. The van der Waals surface area contributed by atoms with Gasteiger partial charge in [0.15, 0.2) is 0 Å². The predicted molar refractivity (Wildman–Crippen MR) is 112 cm³/mol. The van der Waals surface area contributed by atoms with Crippen LogP contribution in [0.5, 0.6) is 0 Å². The fourth-order valence-electron chi connectivity index (χ4n) is 1.57. The fraction of sp³-hybridized carbons (Fsp3) is 0.952. The van der Waals surface area contributed by atoms with Crippen LogP contribution in [0.2, 0.25) is 0 Å². The van der Waals surface area contributed by atoms with E-state index in [0.717, 1.165) is 13.1 Å². The zero-order chi connectivity index (χ0) is 20.5. The van der Waals surface area contributed by atoms with Crippen molar-refractivity contribution >= 4 is 6.03 Å². The molecule has 0 rings (SSSR count). The maximum absolute atomic E-state index is 11.3. The van der Waals surface area contributed by atoms with Crippen molar-refractivity contribution in [3.05, 3.63) is 0 Å². The van der Waals surface area contributed by atoms with Crippen LogP contribution in [0.25, 0.3) is 0 Å². The van der Waals surface area contributed by atoms with Crippen molar-refractivity contribution in [1.29, 1.82) is 0 Å². The van der Waals surface area contributed by atoms with E-state index in [-0.39, 0.29) is 16.9 Å². The van der Waals surface area contributed by atoms with Gasteiger partial charge in [-0.2, -0.15) is 0 Å². The minimum absolute atomic E-state index is 0.0742. The van der Waals surface area contributed by atoms with Gasteiger partial charge >= 0.3 is 6.03 Å². The molecule has 0 aromatic carbocycles. The molecule has 0 radical (unpaired) electrons. The SMILES string of the molecule is CC(C)(C)CNC(=O)NCC(C)(C)C.CC(C)(C)CNCC(C)(C)C. The molecule has 0 spiro atoms. The van der Waals surface area contributed by atoms with Gasteiger partial charge in [0.1, 0.15) is 0 Å². The van der Waals surface area contributed by atoms with Gasteiger partial charge < -0.3 is 16.0 Å². The third kappa shape index (κ3) is 28.3. The molecule has 0 aliphatic carbocycles. The zero-order valence-corrected chi connectivity index (χ0v) is 19.2. The van der Waals surface area contributed by atoms with Gasteiger partial charge in [-0.1, -0.05) is 83.1 Å². The minimum Gasteiger partial charge on any atom is -0.338 e. The quantitative estimate of drug-likeness (QED) is 0.660. The lowest BCUT2D eigenvalue weighted by Crippen LogP contribution is -2.42. The largest absolute Gasteiger partial charge is 0.338 e. The molecule has 0 atom stereocenters. The lowest BCUT2D eigenvalue weighted by molar-refractivity contribution is 0.230. The number of hydrogen-bond donors (Lipinski definition) is 3. The van der Waals surface area contributed by atoms with E-state index in [1.807, 2.05) is 0 Å². The van der Waals surface area contributed by atoms with Gasteiger partial charge in [0.2, 0.25) is 0 Å². The molecular formula is C21H47N3O. The molecule has 0 aromatic heterocycles. The minimum atomic E-state index is -0.0742. The molecule has 0 saturated carbocycles. The van der Waals surface area contributed by atoms with Gasteiger partial charge in [-0.05, 0) is 21.7 Å². The van der Waals surface area contributed by atoms with Crippen molar-refractivity contribution in [3.8, 4) is 0 Å². The van der Waals surface area contributed by atoms with Crippen molar-refractivity contribution in [2.75, 3.05) is 26.2 Å². The number of carbonyl (C=O) groups excluding carboxylic acids is 1. The van der Waals surface area contributed by atoms with Gasteiger partial charge in [-0.25, -0.2) is 4.79 Å². The van der Waals surface area contributed by atoms with Gasteiger partial charge in [0.05, 0.1) is 0 Å². The normalized spacial score (nSPS) is 13.0. The van der Waals surface area contributed by atoms with Gasteiger partial charge in [-0.15, -0.1) is 0 Å². The van der Waals surface area contributed by atoms with Crippen molar-refractivity contribution < 1.29 is 4.79 Å². The Kier molecular flexibility index (Phi) is 11.0. The Morgan fingerprint density at radius 1 is 0.520 bits per heavy atom. The van der Waals surface area contributed by atoms with Crippen LogP contribution in [0.15, 0.2) is 0 Å². The van der Waals surface area contributed by atoms with Gasteiger partial charge in [0, 0.05) is 26.2 Å². The Morgan fingerprint density at radius 2 is 0.760 bits per heavy atom. The molecule has 0 aromatic rings. The zero-order valence-electron chi connectivity index (χ0n) is 19.2. The highest BCUT2D eigenvalue weighted by molar-refractivity contribution is 5.73. The van der Waals surface area contributed by atoms with Crippen LogP contribution in [0.3, 0.4) is 0 Å². The molecule has 0 heterocycles. The molecule has 0 bridgehead atoms. The smallest absolute Gasteiger partial charge is 0.314 e. The Hall–Kier alpha value is -0.770. The summed E-state index contributed by atoms with van der Waals surface area (Å²) in [7, 11) is 0.